The third kappa shape index (κ3) is 4.92. The van der Waals surface area contributed by atoms with Gasteiger partial charge < -0.3 is 25.5 Å². The number of rotatable bonds is 4. The van der Waals surface area contributed by atoms with E-state index in [1.165, 1.54) is 0 Å². The first-order valence-corrected chi connectivity index (χ1v) is 9.66. The number of likely N-dealkylation sites (tertiary alicyclic amines) is 2. The molecule has 0 aromatic rings. The molecular weight excluding hydrogens is 320 g/mol. The second-order valence-corrected chi connectivity index (χ2v) is 8.01. The van der Waals surface area contributed by atoms with Gasteiger partial charge in [-0.15, -0.1) is 0 Å². The number of piperidine rings is 2. The maximum absolute atomic E-state index is 12.7. The standard InChI is InChI=1S/C18H32N4O3/c1-14(23)20-16-4-9-21(10-5-16)12-18(25)6-11-22(13-18)17(24)15-2-7-19-8-3-15/h15-16,19,25H,2-13H2,1H3,(H,20,23). The molecule has 0 radical (unpaired) electrons. The van der Waals surface area contributed by atoms with Crippen LogP contribution >= 0.6 is 0 Å². The summed E-state index contributed by atoms with van der Waals surface area (Å²) in [5, 5.41) is 17.2. The Morgan fingerprint density at radius 1 is 1.16 bits per heavy atom. The summed E-state index contributed by atoms with van der Waals surface area (Å²) in [6, 6.07) is 0.255. The molecule has 25 heavy (non-hydrogen) atoms. The van der Waals surface area contributed by atoms with Gasteiger partial charge in [0.05, 0.1) is 12.1 Å². The fourth-order valence-electron chi connectivity index (χ4n) is 4.44. The number of hydrogen-bond acceptors (Lipinski definition) is 5. The quantitative estimate of drug-likeness (QED) is 0.638. The minimum Gasteiger partial charge on any atom is -0.387 e. The van der Waals surface area contributed by atoms with Gasteiger partial charge in [-0.1, -0.05) is 0 Å². The smallest absolute Gasteiger partial charge is 0.225 e. The van der Waals surface area contributed by atoms with E-state index in [4.69, 9.17) is 0 Å². The van der Waals surface area contributed by atoms with Crippen LogP contribution in [0.2, 0.25) is 0 Å². The lowest BCUT2D eigenvalue weighted by Crippen LogP contribution is -2.51. The van der Waals surface area contributed by atoms with Crippen LogP contribution in [0.3, 0.4) is 0 Å². The Bertz CT molecular complexity index is 487. The number of aliphatic hydroxyl groups is 1. The first-order valence-electron chi connectivity index (χ1n) is 9.66. The molecule has 1 unspecified atom stereocenters. The molecule has 0 bridgehead atoms. The van der Waals surface area contributed by atoms with Crippen LogP contribution in [0.5, 0.6) is 0 Å². The third-order valence-corrected chi connectivity index (χ3v) is 5.85. The van der Waals surface area contributed by atoms with Gasteiger partial charge in [-0.2, -0.15) is 0 Å². The number of hydrogen-bond donors (Lipinski definition) is 3. The number of amides is 2. The molecular formula is C18H32N4O3. The fourth-order valence-corrected chi connectivity index (χ4v) is 4.44. The fraction of sp³-hybridized carbons (Fsp3) is 0.889. The van der Waals surface area contributed by atoms with E-state index < -0.39 is 5.60 Å². The van der Waals surface area contributed by atoms with Crippen molar-refractivity contribution in [2.45, 2.75) is 50.7 Å². The predicted molar refractivity (Wildman–Crippen MR) is 95.0 cm³/mol. The Morgan fingerprint density at radius 2 is 1.84 bits per heavy atom. The van der Waals surface area contributed by atoms with Gasteiger partial charge in [-0.3, -0.25) is 9.59 Å². The molecule has 3 rings (SSSR count). The van der Waals surface area contributed by atoms with Crippen LogP contribution in [-0.2, 0) is 9.59 Å². The molecule has 0 spiro atoms. The van der Waals surface area contributed by atoms with Gasteiger partial charge in [0.15, 0.2) is 0 Å². The van der Waals surface area contributed by atoms with E-state index in [0.717, 1.165) is 51.9 Å². The van der Waals surface area contributed by atoms with Gasteiger partial charge in [0, 0.05) is 45.1 Å². The van der Waals surface area contributed by atoms with Crippen LogP contribution < -0.4 is 10.6 Å². The van der Waals surface area contributed by atoms with E-state index in [1.54, 1.807) is 6.92 Å². The van der Waals surface area contributed by atoms with E-state index in [0.29, 0.717) is 26.1 Å². The van der Waals surface area contributed by atoms with Crippen molar-refractivity contribution in [2.75, 3.05) is 45.8 Å². The van der Waals surface area contributed by atoms with Crippen molar-refractivity contribution in [1.29, 1.82) is 0 Å². The Morgan fingerprint density at radius 3 is 2.48 bits per heavy atom. The number of nitrogens with zero attached hydrogens (tertiary/aromatic N) is 2. The maximum atomic E-state index is 12.7. The largest absolute Gasteiger partial charge is 0.387 e. The van der Waals surface area contributed by atoms with E-state index >= 15 is 0 Å². The summed E-state index contributed by atoms with van der Waals surface area (Å²) in [5.41, 5.74) is -0.788. The van der Waals surface area contributed by atoms with Gasteiger partial charge in [0.25, 0.3) is 0 Å². The molecule has 7 nitrogen and oxygen atoms in total. The zero-order chi connectivity index (χ0) is 17.9. The van der Waals surface area contributed by atoms with E-state index in [-0.39, 0.29) is 23.8 Å². The molecule has 3 aliphatic heterocycles. The highest BCUT2D eigenvalue weighted by Crippen LogP contribution is 2.27. The molecule has 0 aromatic heterocycles. The highest BCUT2D eigenvalue weighted by atomic mass is 16.3. The van der Waals surface area contributed by atoms with E-state index in [1.807, 2.05) is 4.90 Å². The van der Waals surface area contributed by atoms with Crippen molar-refractivity contribution in [2.24, 2.45) is 5.92 Å². The van der Waals surface area contributed by atoms with Gasteiger partial charge in [-0.25, -0.2) is 0 Å². The van der Waals surface area contributed by atoms with Crippen LogP contribution in [0.15, 0.2) is 0 Å². The lowest BCUT2D eigenvalue weighted by molar-refractivity contribution is -0.136. The SMILES string of the molecule is CC(=O)NC1CCN(CC2(O)CCN(C(=O)C3CCNCC3)C2)CC1. The predicted octanol–water partition coefficient (Wildman–Crippen LogP) is -0.450. The van der Waals surface area contributed by atoms with E-state index in [2.05, 4.69) is 15.5 Å². The summed E-state index contributed by atoms with van der Waals surface area (Å²) in [5.74, 6) is 0.374. The second-order valence-electron chi connectivity index (χ2n) is 8.01. The summed E-state index contributed by atoms with van der Waals surface area (Å²) in [6.45, 7) is 6.90. The van der Waals surface area contributed by atoms with Crippen molar-refractivity contribution in [3.63, 3.8) is 0 Å². The lowest BCUT2D eigenvalue weighted by Gasteiger charge is -2.36. The van der Waals surface area contributed by atoms with Crippen LogP contribution in [0.25, 0.3) is 0 Å². The second kappa shape index (κ2) is 8.01. The van der Waals surface area contributed by atoms with Crippen LogP contribution in [0.4, 0.5) is 0 Å². The summed E-state index contributed by atoms with van der Waals surface area (Å²) in [6.07, 6.45) is 4.32. The number of β-amino-alcohol motifs (C(OH)–C–C–N with tert-alkyl or cyclic N) is 1. The van der Waals surface area contributed by atoms with Crippen LogP contribution in [0.1, 0.15) is 39.0 Å². The number of carbonyl (C=O) groups is 2. The minimum atomic E-state index is -0.788. The van der Waals surface area contributed by atoms with Crippen molar-refractivity contribution in [3.05, 3.63) is 0 Å². The van der Waals surface area contributed by atoms with Gasteiger partial charge in [-0.05, 0) is 45.2 Å². The van der Waals surface area contributed by atoms with Gasteiger partial charge in [0.2, 0.25) is 11.8 Å². The summed E-state index contributed by atoms with van der Waals surface area (Å²) in [7, 11) is 0. The zero-order valence-corrected chi connectivity index (χ0v) is 15.3. The number of carbonyl (C=O) groups excluding carboxylic acids is 2. The monoisotopic (exact) mass is 352 g/mol. The molecule has 3 saturated heterocycles. The molecule has 0 saturated carbocycles. The first kappa shape index (κ1) is 18.6. The maximum Gasteiger partial charge on any atom is 0.225 e. The molecule has 2 amide bonds. The Labute approximate surface area is 150 Å². The molecule has 3 heterocycles. The summed E-state index contributed by atoms with van der Waals surface area (Å²) in [4.78, 5) is 28.0. The average Bonchev–Trinajstić information content (AvgIpc) is 2.98. The Kier molecular flexibility index (Phi) is 5.96. The molecule has 3 N–H and O–H groups in total. The van der Waals surface area contributed by atoms with Crippen molar-refractivity contribution >= 4 is 11.8 Å². The van der Waals surface area contributed by atoms with Crippen molar-refractivity contribution in [3.8, 4) is 0 Å². The van der Waals surface area contributed by atoms with Crippen LogP contribution in [0, 0.1) is 5.92 Å². The summed E-state index contributed by atoms with van der Waals surface area (Å²) < 4.78 is 0. The molecule has 1 atom stereocenters. The molecule has 142 valence electrons. The Hall–Kier alpha value is -1.18. The highest BCUT2D eigenvalue weighted by Gasteiger charge is 2.41. The van der Waals surface area contributed by atoms with Gasteiger partial charge >= 0.3 is 0 Å². The number of nitrogens with one attached hydrogen (secondary N) is 2. The van der Waals surface area contributed by atoms with Crippen molar-refractivity contribution < 1.29 is 14.7 Å². The molecule has 3 fully saturated rings. The summed E-state index contributed by atoms with van der Waals surface area (Å²) >= 11 is 0. The molecule has 0 aliphatic carbocycles. The zero-order valence-electron chi connectivity index (χ0n) is 15.3. The molecule has 0 aromatic carbocycles. The highest BCUT2D eigenvalue weighted by molar-refractivity contribution is 5.79. The third-order valence-electron chi connectivity index (χ3n) is 5.85. The lowest BCUT2D eigenvalue weighted by atomic mass is 9.96. The molecule has 3 aliphatic rings. The van der Waals surface area contributed by atoms with Crippen LogP contribution in [-0.4, -0.2) is 84.2 Å². The minimum absolute atomic E-state index is 0.0277. The Balaban J connectivity index is 1.45. The van der Waals surface area contributed by atoms with Gasteiger partial charge in [0.1, 0.15) is 0 Å². The molecule has 7 heteroatoms. The average molecular weight is 352 g/mol. The first-order chi connectivity index (χ1) is 12.0. The normalized spacial score (nSPS) is 29.8. The topological polar surface area (TPSA) is 84.9 Å². The van der Waals surface area contributed by atoms with Crippen molar-refractivity contribution in [1.82, 2.24) is 20.4 Å². The van der Waals surface area contributed by atoms with E-state index in [9.17, 15) is 14.7 Å².